The SMILES string of the molecule is C=CCn1c(SCC(=O)Nc2sc3c(c2C(=O)OCC)CCCCC3)nnc1-c1cccs1. The highest BCUT2D eigenvalue weighted by atomic mass is 32.2. The van der Waals surface area contributed by atoms with Gasteiger partial charge in [0, 0.05) is 11.4 Å². The van der Waals surface area contributed by atoms with E-state index in [0.717, 1.165) is 48.4 Å². The number of carbonyl (C=O) groups is 2. The van der Waals surface area contributed by atoms with Crippen LogP contribution in [0.3, 0.4) is 0 Å². The van der Waals surface area contributed by atoms with Crippen molar-refractivity contribution in [3.05, 3.63) is 46.2 Å². The number of fused-ring (bicyclic) bond motifs is 1. The standard InChI is InChI=1S/C23H26N4O3S3/c1-3-12-27-20(17-11-8-13-31-17)25-26-23(27)32-14-18(28)24-21-19(22(29)30-4-2)15-9-6-5-7-10-16(15)33-21/h3,8,11,13H,1,4-7,9-10,12,14H2,2H3,(H,24,28). The quantitative estimate of drug-likeness (QED) is 0.182. The average Bonchev–Trinajstić information content (AvgIpc) is 3.49. The van der Waals surface area contributed by atoms with Crippen LogP contribution in [-0.4, -0.2) is 39.0 Å². The Balaban J connectivity index is 1.50. The Morgan fingerprint density at radius 2 is 2.15 bits per heavy atom. The Labute approximate surface area is 205 Å². The van der Waals surface area contributed by atoms with Crippen molar-refractivity contribution in [1.82, 2.24) is 14.8 Å². The second kappa shape index (κ2) is 11.1. The number of thioether (sulfide) groups is 1. The lowest BCUT2D eigenvalue weighted by Gasteiger charge is -2.09. The van der Waals surface area contributed by atoms with E-state index in [1.165, 1.54) is 28.0 Å². The summed E-state index contributed by atoms with van der Waals surface area (Å²) in [5.74, 6) is 0.378. The smallest absolute Gasteiger partial charge is 0.341 e. The number of thiophene rings is 2. The van der Waals surface area contributed by atoms with Crippen LogP contribution < -0.4 is 5.32 Å². The van der Waals surface area contributed by atoms with E-state index in [0.29, 0.717) is 28.9 Å². The lowest BCUT2D eigenvalue weighted by Crippen LogP contribution is -2.17. The Bertz CT molecular complexity index is 1130. The van der Waals surface area contributed by atoms with Gasteiger partial charge in [-0.1, -0.05) is 30.3 Å². The highest BCUT2D eigenvalue weighted by molar-refractivity contribution is 7.99. The fourth-order valence-corrected chi connectivity index (χ4v) is 6.58. The normalized spacial score (nSPS) is 13.2. The first-order chi connectivity index (χ1) is 16.1. The second-order valence-corrected chi connectivity index (χ2v) is 10.5. The van der Waals surface area contributed by atoms with Crippen molar-refractivity contribution in [2.45, 2.75) is 50.7 Å². The molecule has 174 valence electrons. The van der Waals surface area contributed by atoms with Gasteiger partial charge in [-0.15, -0.1) is 39.4 Å². The summed E-state index contributed by atoms with van der Waals surface area (Å²) in [5, 5.41) is 14.8. The Kier molecular flexibility index (Phi) is 8.00. The molecule has 0 aromatic carbocycles. The fourth-order valence-electron chi connectivity index (χ4n) is 3.82. The van der Waals surface area contributed by atoms with Crippen LogP contribution in [0.2, 0.25) is 0 Å². The van der Waals surface area contributed by atoms with Gasteiger partial charge in [-0.3, -0.25) is 9.36 Å². The van der Waals surface area contributed by atoms with Gasteiger partial charge in [-0.05, 0) is 49.6 Å². The van der Waals surface area contributed by atoms with Gasteiger partial charge >= 0.3 is 5.97 Å². The van der Waals surface area contributed by atoms with Crippen molar-refractivity contribution >= 4 is 51.3 Å². The third-order valence-electron chi connectivity index (χ3n) is 5.26. The van der Waals surface area contributed by atoms with Crippen molar-refractivity contribution in [3.8, 4) is 10.7 Å². The summed E-state index contributed by atoms with van der Waals surface area (Å²) in [4.78, 5) is 27.8. The molecule has 33 heavy (non-hydrogen) atoms. The lowest BCUT2D eigenvalue weighted by atomic mass is 10.1. The summed E-state index contributed by atoms with van der Waals surface area (Å²) in [7, 11) is 0. The average molecular weight is 503 g/mol. The van der Waals surface area contributed by atoms with Crippen LogP contribution >= 0.6 is 34.4 Å². The molecular weight excluding hydrogens is 476 g/mol. The summed E-state index contributed by atoms with van der Waals surface area (Å²) in [6, 6.07) is 3.96. The molecule has 0 radical (unpaired) electrons. The second-order valence-electron chi connectivity index (χ2n) is 7.51. The van der Waals surface area contributed by atoms with E-state index in [4.69, 9.17) is 4.74 Å². The molecule has 3 aromatic rings. The van der Waals surface area contributed by atoms with Crippen LogP contribution in [0, 0.1) is 0 Å². The number of aryl methyl sites for hydroxylation is 1. The van der Waals surface area contributed by atoms with Crippen LogP contribution in [0.4, 0.5) is 5.00 Å². The van der Waals surface area contributed by atoms with Gasteiger partial charge in [-0.25, -0.2) is 4.79 Å². The van der Waals surface area contributed by atoms with Crippen LogP contribution in [0.15, 0.2) is 35.3 Å². The molecule has 1 N–H and O–H groups in total. The van der Waals surface area contributed by atoms with E-state index in [9.17, 15) is 9.59 Å². The van der Waals surface area contributed by atoms with Gasteiger partial charge in [-0.2, -0.15) is 0 Å². The molecule has 0 aliphatic heterocycles. The molecule has 4 rings (SSSR count). The summed E-state index contributed by atoms with van der Waals surface area (Å²) < 4.78 is 7.26. The van der Waals surface area contributed by atoms with Gasteiger partial charge in [0.1, 0.15) is 5.00 Å². The topological polar surface area (TPSA) is 86.1 Å². The molecule has 0 atom stereocenters. The molecule has 0 saturated carbocycles. The first kappa shape index (κ1) is 23.7. The zero-order valence-electron chi connectivity index (χ0n) is 18.5. The number of hydrogen-bond donors (Lipinski definition) is 1. The Hall–Kier alpha value is -2.43. The van der Waals surface area contributed by atoms with E-state index in [1.54, 1.807) is 24.3 Å². The third kappa shape index (κ3) is 5.39. The third-order valence-corrected chi connectivity index (χ3v) is 8.30. The van der Waals surface area contributed by atoms with Gasteiger partial charge in [0.15, 0.2) is 11.0 Å². The molecule has 7 nitrogen and oxygen atoms in total. The molecule has 1 aliphatic rings. The predicted octanol–water partition coefficient (Wildman–Crippen LogP) is 5.43. The van der Waals surface area contributed by atoms with Gasteiger partial charge < -0.3 is 10.1 Å². The largest absolute Gasteiger partial charge is 0.462 e. The number of esters is 1. The van der Waals surface area contributed by atoms with Crippen LogP contribution in [0.25, 0.3) is 10.7 Å². The Morgan fingerprint density at radius 3 is 2.91 bits per heavy atom. The van der Waals surface area contributed by atoms with E-state index in [1.807, 2.05) is 22.1 Å². The van der Waals surface area contributed by atoms with Crippen LogP contribution in [0.5, 0.6) is 0 Å². The molecule has 10 heteroatoms. The zero-order chi connectivity index (χ0) is 23.2. The zero-order valence-corrected chi connectivity index (χ0v) is 20.9. The van der Waals surface area contributed by atoms with Crippen molar-refractivity contribution in [2.75, 3.05) is 17.7 Å². The number of nitrogens with zero attached hydrogens (tertiary/aromatic N) is 3. The van der Waals surface area contributed by atoms with Crippen LogP contribution in [0.1, 0.15) is 47.0 Å². The molecule has 1 amide bonds. The first-order valence-electron chi connectivity index (χ1n) is 10.9. The first-order valence-corrected chi connectivity index (χ1v) is 13.6. The van der Waals surface area contributed by atoms with Crippen molar-refractivity contribution in [3.63, 3.8) is 0 Å². The Morgan fingerprint density at radius 1 is 1.30 bits per heavy atom. The maximum absolute atomic E-state index is 12.9. The van der Waals surface area contributed by atoms with E-state index >= 15 is 0 Å². The van der Waals surface area contributed by atoms with Gasteiger partial charge in [0.05, 0.1) is 22.8 Å². The fraction of sp³-hybridized carbons (Fsp3) is 0.391. The summed E-state index contributed by atoms with van der Waals surface area (Å²) in [5.41, 5.74) is 1.58. The molecule has 0 fully saturated rings. The number of ether oxygens (including phenoxy) is 1. The summed E-state index contributed by atoms with van der Waals surface area (Å²) >= 11 is 4.41. The van der Waals surface area contributed by atoms with E-state index < -0.39 is 0 Å². The molecular formula is C23H26N4O3S3. The minimum atomic E-state index is -0.355. The number of rotatable bonds is 9. The molecule has 3 heterocycles. The molecule has 0 saturated heterocycles. The highest BCUT2D eigenvalue weighted by Gasteiger charge is 2.27. The minimum absolute atomic E-state index is 0.157. The van der Waals surface area contributed by atoms with Crippen LogP contribution in [-0.2, 0) is 28.9 Å². The number of carbonyl (C=O) groups excluding carboxylic acids is 2. The highest BCUT2D eigenvalue weighted by Crippen LogP contribution is 2.38. The number of allylic oxidation sites excluding steroid dienone is 1. The summed E-state index contributed by atoms with van der Waals surface area (Å²) in [6.07, 6.45) is 6.87. The minimum Gasteiger partial charge on any atom is -0.462 e. The molecule has 3 aromatic heterocycles. The van der Waals surface area contributed by atoms with Crippen molar-refractivity contribution in [2.24, 2.45) is 0 Å². The summed E-state index contributed by atoms with van der Waals surface area (Å²) in [6.45, 7) is 6.47. The monoisotopic (exact) mass is 502 g/mol. The van der Waals surface area contributed by atoms with Gasteiger partial charge in [0.25, 0.3) is 0 Å². The van der Waals surface area contributed by atoms with Crippen molar-refractivity contribution < 1.29 is 14.3 Å². The number of anilines is 1. The maximum Gasteiger partial charge on any atom is 0.341 e. The number of hydrogen-bond acceptors (Lipinski definition) is 8. The predicted molar refractivity (Wildman–Crippen MR) is 134 cm³/mol. The number of nitrogens with one attached hydrogen (secondary N) is 1. The molecule has 0 bridgehead atoms. The van der Waals surface area contributed by atoms with E-state index in [-0.39, 0.29) is 17.6 Å². The maximum atomic E-state index is 12.9. The van der Waals surface area contributed by atoms with Gasteiger partial charge in [0.2, 0.25) is 5.91 Å². The number of aromatic nitrogens is 3. The molecule has 0 unspecified atom stereocenters. The number of amides is 1. The lowest BCUT2D eigenvalue weighted by molar-refractivity contribution is -0.113. The van der Waals surface area contributed by atoms with Crippen molar-refractivity contribution in [1.29, 1.82) is 0 Å². The molecule has 0 spiro atoms. The van der Waals surface area contributed by atoms with E-state index in [2.05, 4.69) is 22.1 Å². The molecule has 1 aliphatic carbocycles.